The molecule has 2 N–H and O–H groups in total. The molecule has 1 aromatic carbocycles. The van der Waals surface area contributed by atoms with Crippen molar-refractivity contribution in [3.63, 3.8) is 0 Å². The summed E-state index contributed by atoms with van der Waals surface area (Å²) in [7, 11) is 0. The lowest BCUT2D eigenvalue weighted by atomic mass is 10.0. The molecule has 0 fully saturated rings. The van der Waals surface area contributed by atoms with E-state index in [4.69, 9.17) is 0 Å². The van der Waals surface area contributed by atoms with Crippen molar-refractivity contribution in [3.05, 3.63) is 45.2 Å². The molecule has 4 heteroatoms. The van der Waals surface area contributed by atoms with Gasteiger partial charge in [-0.2, -0.15) is 0 Å². The van der Waals surface area contributed by atoms with Crippen molar-refractivity contribution >= 4 is 23.5 Å². The highest BCUT2D eigenvalue weighted by Gasteiger charge is 2.26. The van der Waals surface area contributed by atoms with Crippen LogP contribution in [-0.2, 0) is 0 Å². The normalized spacial score (nSPS) is 16.9. The number of thioether (sulfide) groups is 2. The monoisotopic (exact) mass is 282 g/mol. The Kier molecular flexibility index (Phi) is 4.78. The van der Waals surface area contributed by atoms with E-state index in [0.717, 1.165) is 9.81 Å². The topological polar surface area (TPSA) is 40.5 Å². The Bertz CT molecular complexity index is 422. The molecule has 0 unspecified atom stereocenters. The molecule has 0 atom stereocenters. The SMILES string of the molecule is CC(C)c1ccc(C2SC(CO)=C(CO)S2)cc1. The van der Waals surface area contributed by atoms with Crippen molar-refractivity contribution in [2.24, 2.45) is 0 Å². The third kappa shape index (κ3) is 2.94. The standard InChI is InChI=1S/C14H18O2S2/c1-9(2)10-3-5-11(6-4-10)14-17-12(7-15)13(8-16)18-14/h3-6,9,14-16H,7-8H2,1-2H3. The average Bonchev–Trinajstić information content (AvgIpc) is 2.82. The lowest BCUT2D eigenvalue weighted by molar-refractivity contribution is 0.324. The van der Waals surface area contributed by atoms with E-state index in [-0.39, 0.29) is 17.8 Å². The first-order valence-corrected chi connectivity index (χ1v) is 7.78. The Labute approximate surface area is 116 Å². The van der Waals surface area contributed by atoms with Gasteiger partial charge >= 0.3 is 0 Å². The van der Waals surface area contributed by atoms with Crippen molar-refractivity contribution < 1.29 is 10.2 Å². The maximum atomic E-state index is 9.25. The van der Waals surface area contributed by atoms with Crippen LogP contribution in [0.1, 0.15) is 35.5 Å². The highest BCUT2D eigenvalue weighted by Crippen LogP contribution is 2.54. The molecule has 0 radical (unpaired) electrons. The van der Waals surface area contributed by atoms with Gasteiger partial charge in [0.05, 0.1) is 17.8 Å². The van der Waals surface area contributed by atoms with Gasteiger partial charge in [-0.15, -0.1) is 23.5 Å². The minimum atomic E-state index is 0.0220. The van der Waals surface area contributed by atoms with Crippen LogP contribution in [0.4, 0.5) is 0 Å². The Morgan fingerprint density at radius 2 is 1.50 bits per heavy atom. The molecule has 0 bridgehead atoms. The molecule has 0 aliphatic carbocycles. The largest absolute Gasteiger partial charge is 0.391 e. The summed E-state index contributed by atoms with van der Waals surface area (Å²) in [5, 5.41) is 18.5. The van der Waals surface area contributed by atoms with Crippen LogP contribution in [0.5, 0.6) is 0 Å². The number of benzene rings is 1. The van der Waals surface area contributed by atoms with Gasteiger partial charge in [0.15, 0.2) is 0 Å². The zero-order valence-electron chi connectivity index (χ0n) is 10.6. The molecule has 98 valence electrons. The van der Waals surface area contributed by atoms with Gasteiger partial charge in [0, 0.05) is 9.81 Å². The van der Waals surface area contributed by atoms with E-state index in [1.165, 1.54) is 11.1 Å². The van der Waals surface area contributed by atoms with Crippen LogP contribution in [0.3, 0.4) is 0 Å². The lowest BCUT2D eigenvalue weighted by Crippen LogP contribution is -1.90. The second kappa shape index (κ2) is 6.15. The molecule has 1 aliphatic rings. The fourth-order valence-corrected chi connectivity index (χ4v) is 4.66. The van der Waals surface area contributed by atoms with Crippen molar-refractivity contribution in [2.45, 2.75) is 24.3 Å². The second-order valence-corrected chi connectivity index (χ2v) is 7.25. The molecule has 18 heavy (non-hydrogen) atoms. The molecule has 2 nitrogen and oxygen atoms in total. The van der Waals surface area contributed by atoms with Crippen LogP contribution in [0.2, 0.25) is 0 Å². The van der Waals surface area contributed by atoms with Gasteiger partial charge in [0.25, 0.3) is 0 Å². The van der Waals surface area contributed by atoms with E-state index in [2.05, 4.69) is 38.1 Å². The molecule has 0 saturated carbocycles. The first-order valence-electron chi connectivity index (χ1n) is 6.02. The molecule has 0 amide bonds. The molecular formula is C14H18O2S2. The summed E-state index contributed by atoms with van der Waals surface area (Å²) in [5.74, 6) is 0.544. The minimum absolute atomic E-state index is 0.0220. The van der Waals surface area contributed by atoms with Crippen LogP contribution in [0.25, 0.3) is 0 Å². The van der Waals surface area contributed by atoms with Crippen LogP contribution in [0, 0.1) is 0 Å². The highest BCUT2D eigenvalue weighted by atomic mass is 32.2. The van der Waals surface area contributed by atoms with E-state index in [9.17, 15) is 10.2 Å². The summed E-state index contributed by atoms with van der Waals surface area (Å²) in [6.07, 6.45) is 0. The molecule has 0 saturated heterocycles. The Balaban J connectivity index is 2.11. The smallest absolute Gasteiger partial charge is 0.0841 e. The number of hydrogen-bond acceptors (Lipinski definition) is 4. The van der Waals surface area contributed by atoms with Crippen LogP contribution < -0.4 is 0 Å². The molecule has 0 aromatic heterocycles. The quantitative estimate of drug-likeness (QED) is 0.887. The van der Waals surface area contributed by atoms with E-state index in [1.54, 1.807) is 23.5 Å². The van der Waals surface area contributed by atoms with Gasteiger partial charge in [-0.05, 0) is 17.0 Å². The first-order chi connectivity index (χ1) is 8.65. The first kappa shape index (κ1) is 14.0. The molecule has 1 heterocycles. The summed E-state index contributed by atoms with van der Waals surface area (Å²) in [4.78, 5) is 1.81. The van der Waals surface area contributed by atoms with Gasteiger partial charge in [0.1, 0.15) is 0 Å². The average molecular weight is 282 g/mol. The zero-order valence-corrected chi connectivity index (χ0v) is 12.2. The van der Waals surface area contributed by atoms with Crippen molar-refractivity contribution in [3.8, 4) is 0 Å². The maximum absolute atomic E-state index is 9.25. The Morgan fingerprint density at radius 1 is 1.00 bits per heavy atom. The summed E-state index contributed by atoms with van der Waals surface area (Å²) < 4.78 is 0.260. The lowest BCUT2D eigenvalue weighted by Gasteiger charge is -2.11. The number of aliphatic hydroxyl groups is 2. The summed E-state index contributed by atoms with van der Waals surface area (Å²) in [5.41, 5.74) is 2.58. The van der Waals surface area contributed by atoms with Gasteiger partial charge in [-0.1, -0.05) is 38.1 Å². The molecular weight excluding hydrogens is 264 g/mol. The van der Waals surface area contributed by atoms with E-state index in [1.807, 2.05) is 0 Å². The minimum Gasteiger partial charge on any atom is -0.391 e. The van der Waals surface area contributed by atoms with Crippen molar-refractivity contribution in [1.82, 2.24) is 0 Å². The molecule has 1 aliphatic heterocycles. The van der Waals surface area contributed by atoms with Gasteiger partial charge in [-0.3, -0.25) is 0 Å². The van der Waals surface area contributed by atoms with Crippen molar-refractivity contribution in [2.75, 3.05) is 13.2 Å². The van der Waals surface area contributed by atoms with Crippen LogP contribution in [-0.4, -0.2) is 23.4 Å². The fourth-order valence-electron chi connectivity index (χ4n) is 1.84. The summed E-state index contributed by atoms with van der Waals surface area (Å²) in [6.45, 7) is 4.41. The van der Waals surface area contributed by atoms with E-state index < -0.39 is 0 Å². The summed E-state index contributed by atoms with van der Waals surface area (Å²) in [6, 6.07) is 8.62. The number of rotatable bonds is 4. The Morgan fingerprint density at radius 3 is 1.89 bits per heavy atom. The van der Waals surface area contributed by atoms with Gasteiger partial charge < -0.3 is 10.2 Å². The van der Waals surface area contributed by atoms with Crippen LogP contribution >= 0.6 is 23.5 Å². The number of aliphatic hydroxyl groups excluding tert-OH is 2. The Hall–Kier alpha value is -0.420. The third-order valence-corrected chi connectivity index (χ3v) is 5.97. The van der Waals surface area contributed by atoms with E-state index in [0.29, 0.717) is 5.92 Å². The van der Waals surface area contributed by atoms with Gasteiger partial charge in [-0.25, -0.2) is 0 Å². The predicted molar refractivity (Wildman–Crippen MR) is 79.7 cm³/mol. The highest BCUT2D eigenvalue weighted by molar-refractivity contribution is 8.22. The molecule has 0 spiro atoms. The van der Waals surface area contributed by atoms with Crippen molar-refractivity contribution in [1.29, 1.82) is 0 Å². The maximum Gasteiger partial charge on any atom is 0.0841 e. The van der Waals surface area contributed by atoms with Crippen LogP contribution in [0.15, 0.2) is 34.1 Å². The summed E-state index contributed by atoms with van der Waals surface area (Å²) >= 11 is 3.29. The second-order valence-electron chi connectivity index (χ2n) is 4.55. The molecule has 2 rings (SSSR count). The third-order valence-electron chi connectivity index (χ3n) is 2.97. The molecule has 1 aromatic rings. The fraction of sp³-hybridized carbons (Fsp3) is 0.429. The van der Waals surface area contributed by atoms with E-state index >= 15 is 0 Å². The zero-order chi connectivity index (χ0) is 13.1. The predicted octanol–water partition coefficient (Wildman–Crippen LogP) is 3.48. The number of hydrogen-bond donors (Lipinski definition) is 2. The van der Waals surface area contributed by atoms with Gasteiger partial charge in [0.2, 0.25) is 0 Å².